The number of anilines is 1. The van der Waals surface area contributed by atoms with Gasteiger partial charge in [0.25, 0.3) is 5.56 Å². The molecule has 31 heavy (non-hydrogen) atoms. The van der Waals surface area contributed by atoms with Crippen molar-refractivity contribution in [3.63, 3.8) is 0 Å². The molecule has 2 aromatic carbocycles. The normalized spacial score (nSPS) is 11.1. The van der Waals surface area contributed by atoms with E-state index in [0.29, 0.717) is 16.9 Å². The summed E-state index contributed by atoms with van der Waals surface area (Å²) in [5, 5.41) is 2.62. The maximum atomic E-state index is 13.8. The van der Waals surface area contributed by atoms with Crippen LogP contribution < -0.4 is 15.0 Å². The van der Waals surface area contributed by atoms with Crippen LogP contribution in [0.25, 0.3) is 21.2 Å². The number of aryl methyl sites for hydroxylation is 3. The van der Waals surface area contributed by atoms with Crippen molar-refractivity contribution in [1.82, 2.24) is 4.57 Å². The van der Waals surface area contributed by atoms with Crippen LogP contribution in [0.1, 0.15) is 18.1 Å². The Morgan fingerprint density at radius 2 is 1.87 bits per heavy atom. The van der Waals surface area contributed by atoms with E-state index in [1.165, 1.54) is 23.5 Å². The van der Waals surface area contributed by atoms with Gasteiger partial charge in [0.2, 0.25) is 0 Å². The van der Waals surface area contributed by atoms with Crippen LogP contribution in [-0.2, 0) is 7.05 Å². The molecule has 160 valence electrons. The molecule has 0 fully saturated rings. The first kappa shape index (κ1) is 21.5. The third-order valence-corrected chi connectivity index (χ3v) is 6.64. The second-order valence-corrected chi connectivity index (χ2v) is 9.33. The fourth-order valence-corrected chi connectivity index (χ4v) is 4.95. The molecule has 4 nitrogen and oxygen atoms in total. The van der Waals surface area contributed by atoms with Crippen molar-refractivity contribution in [2.75, 3.05) is 10.5 Å². The van der Waals surface area contributed by atoms with Gasteiger partial charge in [-0.25, -0.2) is 4.39 Å². The zero-order chi connectivity index (χ0) is 22.1. The number of ether oxygens (including phenoxy) is 1. The highest BCUT2D eigenvalue weighted by Crippen LogP contribution is 2.41. The number of pyridine rings is 1. The lowest BCUT2D eigenvalue weighted by Crippen LogP contribution is -2.15. The minimum absolute atomic E-state index is 0.0245. The van der Waals surface area contributed by atoms with E-state index in [-0.39, 0.29) is 11.4 Å². The Balaban J connectivity index is 1.91. The quantitative estimate of drug-likeness (QED) is 0.322. The van der Waals surface area contributed by atoms with E-state index in [1.807, 2.05) is 49.7 Å². The number of halogens is 1. The summed E-state index contributed by atoms with van der Waals surface area (Å²) in [6.45, 7) is 5.75. The molecule has 0 saturated heterocycles. The Bertz CT molecular complexity index is 1300. The van der Waals surface area contributed by atoms with Crippen LogP contribution in [0.3, 0.4) is 0 Å². The molecule has 0 spiro atoms. The number of thiophene rings is 1. The molecule has 0 atom stereocenters. The predicted molar refractivity (Wildman–Crippen MR) is 130 cm³/mol. The van der Waals surface area contributed by atoms with Crippen LogP contribution in [0.5, 0.6) is 11.5 Å². The highest BCUT2D eigenvalue weighted by Gasteiger charge is 2.17. The Labute approximate surface area is 188 Å². The van der Waals surface area contributed by atoms with E-state index in [0.717, 1.165) is 38.4 Å². The summed E-state index contributed by atoms with van der Waals surface area (Å²) >= 11 is 3.14. The lowest BCUT2D eigenvalue weighted by atomic mass is 10.0. The standard InChI is InChI=1S/C24H23FN2O2S2/c1-5-31-26-17-6-7-21(29-22-14(2)10-16(25)11-15(22)3)19(12-17)20-13-27(4)24(28)18-8-9-30-23(18)20/h6-13,26H,5H2,1-4H3. The highest BCUT2D eigenvalue weighted by molar-refractivity contribution is 8.00. The van der Waals surface area contributed by atoms with Crippen LogP contribution in [0.15, 0.2) is 52.8 Å². The van der Waals surface area contributed by atoms with Crippen molar-refractivity contribution in [2.45, 2.75) is 20.8 Å². The summed E-state index contributed by atoms with van der Waals surface area (Å²) in [5.41, 5.74) is 4.17. The molecule has 7 heteroatoms. The molecule has 1 N–H and O–H groups in total. The third kappa shape index (κ3) is 4.20. The van der Waals surface area contributed by atoms with Gasteiger partial charge in [-0.1, -0.05) is 18.9 Å². The van der Waals surface area contributed by atoms with Gasteiger partial charge in [0.05, 0.1) is 5.39 Å². The zero-order valence-electron chi connectivity index (χ0n) is 17.8. The molecular formula is C24H23FN2O2S2. The van der Waals surface area contributed by atoms with Crippen LogP contribution in [-0.4, -0.2) is 10.3 Å². The molecule has 0 radical (unpaired) electrons. The molecule has 0 aliphatic heterocycles. The van der Waals surface area contributed by atoms with Gasteiger partial charge in [-0.2, -0.15) is 0 Å². The Morgan fingerprint density at radius 3 is 2.58 bits per heavy atom. The summed E-state index contributed by atoms with van der Waals surface area (Å²) in [5.74, 6) is 1.94. The molecule has 0 aliphatic carbocycles. The number of nitrogens with zero attached hydrogens (tertiary/aromatic N) is 1. The van der Waals surface area contributed by atoms with E-state index >= 15 is 0 Å². The van der Waals surface area contributed by atoms with Gasteiger partial charge in [0.1, 0.15) is 17.3 Å². The fraction of sp³-hybridized carbons (Fsp3) is 0.208. The van der Waals surface area contributed by atoms with Crippen LogP contribution >= 0.6 is 23.3 Å². The molecule has 2 heterocycles. The number of hydrogen-bond acceptors (Lipinski definition) is 5. The number of aromatic nitrogens is 1. The van der Waals surface area contributed by atoms with E-state index in [4.69, 9.17) is 4.74 Å². The average Bonchev–Trinajstić information content (AvgIpc) is 3.22. The SMILES string of the molecule is CCSNc1ccc(Oc2c(C)cc(F)cc2C)c(-c2cn(C)c(=O)c3ccsc23)c1. The van der Waals surface area contributed by atoms with Gasteiger partial charge < -0.3 is 14.0 Å². The second kappa shape index (κ2) is 8.77. The van der Waals surface area contributed by atoms with Crippen LogP contribution in [0, 0.1) is 19.7 Å². The van der Waals surface area contributed by atoms with E-state index < -0.39 is 0 Å². The number of fused-ring (bicyclic) bond motifs is 1. The maximum Gasteiger partial charge on any atom is 0.259 e. The first-order valence-electron chi connectivity index (χ1n) is 9.92. The summed E-state index contributed by atoms with van der Waals surface area (Å²) in [7, 11) is 1.76. The van der Waals surface area contributed by atoms with Crippen molar-refractivity contribution >= 4 is 39.1 Å². The van der Waals surface area contributed by atoms with E-state index in [1.54, 1.807) is 23.6 Å². The van der Waals surface area contributed by atoms with Crippen molar-refractivity contribution in [3.05, 3.63) is 75.3 Å². The molecule has 0 saturated carbocycles. The van der Waals surface area contributed by atoms with Gasteiger partial charge in [0.15, 0.2) is 0 Å². The van der Waals surface area contributed by atoms with Crippen molar-refractivity contribution < 1.29 is 9.13 Å². The molecule has 0 aliphatic rings. The number of rotatable bonds is 6. The molecule has 0 unspecified atom stereocenters. The minimum Gasteiger partial charge on any atom is -0.456 e. The maximum absolute atomic E-state index is 13.8. The lowest BCUT2D eigenvalue weighted by molar-refractivity contribution is 0.474. The minimum atomic E-state index is -0.280. The molecule has 2 aromatic heterocycles. The van der Waals surface area contributed by atoms with Crippen LogP contribution in [0.4, 0.5) is 10.1 Å². The number of benzene rings is 2. The second-order valence-electron chi connectivity index (χ2n) is 7.34. The molecule has 4 aromatic rings. The third-order valence-electron chi connectivity index (χ3n) is 5.02. The largest absolute Gasteiger partial charge is 0.456 e. The smallest absolute Gasteiger partial charge is 0.259 e. The Kier molecular flexibility index (Phi) is 6.07. The summed E-state index contributed by atoms with van der Waals surface area (Å²) in [6.07, 6.45) is 1.85. The van der Waals surface area contributed by atoms with Crippen molar-refractivity contribution in [1.29, 1.82) is 0 Å². The Hall–Kier alpha value is -2.77. The molecule has 4 rings (SSSR count). The summed E-state index contributed by atoms with van der Waals surface area (Å²) < 4.78 is 26.0. The average molecular weight is 455 g/mol. The first-order valence-corrected chi connectivity index (χ1v) is 11.8. The molecule has 0 amide bonds. The Morgan fingerprint density at radius 1 is 1.13 bits per heavy atom. The topological polar surface area (TPSA) is 43.3 Å². The van der Waals surface area contributed by atoms with Gasteiger partial charge in [0, 0.05) is 40.5 Å². The first-order chi connectivity index (χ1) is 14.9. The fourth-order valence-electron chi connectivity index (χ4n) is 3.60. The number of nitrogens with one attached hydrogen (secondary N) is 1. The number of hydrogen-bond donors (Lipinski definition) is 1. The van der Waals surface area contributed by atoms with Crippen molar-refractivity contribution in [2.24, 2.45) is 7.05 Å². The van der Waals surface area contributed by atoms with Crippen LogP contribution in [0.2, 0.25) is 0 Å². The van der Waals surface area contributed by atoms with Crippen molar-refractivity contribution in [3.8, 4) is 22.6 Å². The predicted octanol–water partition coefficient (Wildman–Crippen LogP) is 6.90. The van der Waals surface area contributed by atoms with Gasteiger partial charge >= 0.3 is 0 Å². The molecule has 0 bridgehead atoms. The monoisotopic (exact) mass is 454 g/mol. The highest BCUT2D eigenvalue weighted by atomic mass is 32.2. The van der Waals surface area contributed by atoms with E-state index in [2.05, 4.69) is 11.6 Å². The van der Waals surface area contributed by atoms with E-state index in [9.17, 15) is 9.18 Å². The molecular weight excluding hydrogens is 431 g/mol. The summed E-state index contributed by atoms with van der Waals surface area (Å²) in [4.78, 5) is 12.6. The van der Waals surface area contributed by atoms with Gasteiger partial charge in [-0.15, -0.1) is 11.3 Å². The van der Waals surface area contributed by atoms with Gasteiger partial charge in [-0.05, 0) is 66.8 Å². The summed E-state index contributed by atoms with van der Waals surface area (Å²) in [6, 6.07) is 10.7. The van der Waals surface area contributed by atoms with Gasteiger partial charge in [-0.3, -0.25) is 4.79 Å². The zero-order valence-corrected chi connectivity index (χ0v) is 19.4. The lowest BCUT2D eigenvalue weighted by Gasteiger charge is -2.17.